The van der Waals surface area contributed by atoms with Crippen LogP contribution in [0.25, 0.3) is 0 Å². The summed E-state index contributed by atoms with van der Waals surface area (Å²) in [5.41, 5.74) is 2.30. The number of carbonyl (C=O) groups is 1. The van der Waals surface area contributed by atoms with Crippen LogP contribution in [0.2, 0.25) is 10.0 Å². The van der Waals surface area contributed by atoms with Gasteiger partial charge in [0, 0.05) is 34.8 Å². The first-order chi connectivity index (χ1) is 9.10. The van der Waals surface area contributed by atoms with Gasteiger partial charge in [-0.15, -0.1) is 0 Å². The summed E-state index contributed by atoms with van der Waals surface area (Å²) in [6.07, 6.45) is 0.277. The topological polar surface area (TPSA) is 29.1 Å². The first kappa shape index (κ1) is 13.9. The minimum absolute atomic E-state index is 0.0308. The summed E-state index contributed by atoms with van der Waals surface area (Å²) in [5.74, 6) is 0.0308. The largest absolute Gasteiger partial charge is 0.388 e. The molecule has 0 unspecified atom stereocenters. The maximum absolute atomic E-state index is 12.3. The summed E-state index contributed by atoms with van der Waals surface area (Å²) in [6, 6.07) is 12.6. The Labute approximate surface area is 122 Å². The van der Waals surface area contributed by atoms with Crippen LogP contribution in [0.15, 0.2) is 42.5 Å². The molecule has 2 nitrogen and oxygen atoms in total. The molecule has 0 saturated carbocycles. The number of anilines is 1. The van der Waals surface area contributed by atoms with Crippen LogP contribution in [0.3, 0.4) is 0 Å². The predicted molar refractivity (Wildman–Crippen MR) is 80.5 cm³/mol. The van der Waals surface area contributed by atoms with Crippen LogP contribution < -0.4 is 5.32 Å². The van der Waals surface area contributed by atoms with Gasteiger partial charge in [-0.05, 0) is 35.9 Å². The minimum Gasteiger partial charge on any atom is -0.388 e. The average Bonchev–Trinajstić information content (AvgIpc) is 2.37. The van der Waals surface area contributed by atoms with Crippen molar-refractivity contribution in [3.63, 3.8) is 0 Å². The third kappa shape index (κ3) is 3.49. The number of halogens is 2. The van der Waals surface area contributed by atoms with E-state index >= 15 is 0 Å². The molecule has 0 aliphatic carbocycles. The molecule has 0 aliphatic heterocycles. The maximum Gasteiger partial charge on any atom is 0.169 e. The van der Waals surface area contributed by atoms with Gasteiger partial charge in [-0.2, -0.15) is 0 Å². The van der Waals surface area contributed by atoms with Gasteiger partial charge in [0.05, 0.1) is 0 Å². The second kappa shape index (κ2) is 6.09. The molecule has 0 aliphatic rings. The molecule has 2 aromatic rings. The molecular formula is C15H13Cl2NO. The predicted octanol–water partition coefficient (Wildman–Crippen LogP) is 4.46. The molecule has 0 atom stereocenters. The number of hydrogen-bond donors (Lipinski definition) is 1. The highest BCUT2D eigenvalue weighted by molar-refractivity contribution is 6.34. The molecule has 0 aromatic heterocycles. The highest BCUT2D eigenvalue weighted by Crippen LogP contribution is 2.22. The van der Waals surface area contributed by atoms with Gasteiger partial charge < -0.3 is 5.32 Å². The zero-order valence-corrected chi connectivity index (χ0v) is 11.9. The summed E-state index contributed by atoms with van der Waals surface area (Å²) in [6.45, 7) is 0. The van der Waals surface area contributed by atoms with Gasteiger partial charge in [0.15, 0.2) is 5.78 Å². The van der Waals surface area contributed by atoms with Gasteiger partial charge in [0.1, 0.15) is 0 Å². The highest BCUT2D eigenvalue weighted by atomic mass is 35.5. The van der Waals surface area contributed by atoms with Gasteiger partial charge >= 0.3 is 0 Å². The van der Waals surface area contributed by atoms with E-state index in [1.165, 1.54) is 0 Å². The Balaban J connectivity index is 2.25. The fourth-order valence-electron chi connectivity index (χ4n) is 1.94. The van der Waals surface area contributed by atoms with E-state index in [0.29, 0.717) is 15.6 Å². The monoisotopic (exact) mass is 293 g/mol. The number of ketones is 1. The van der Waals surface area contributed by atoms with Gasteiger partial charge in [0.25, 0.3) is 0 Å². The third-order valence-electron chi connectivity index (χ3n) is 2.78. The standard InChI is InChI=1S/C15H13Cl2NO/c1-18-14-5-3-2-4-13(14)15(19)8-10-6-11(16)9-12(17)7-10/h2-7,9,18H,8H2,1H3. The van der Waals surface area contributed by atoms with Crippen molar-refractivity contribution in [3.05, 3.63) is 63.6 Å². The molecule has 0 heterocycles. The first-order valence-corrected chi connectivity index (χ1v) is 6.60. The summed E-state index contributed by atoms with van der Waals surface area (Å²) in [7, 11) is 1.79. The van der Waals surface area contributed by atoms with Gasteiger partial charge in [0.2, 0.25) is 0 Å². The Kier molecular flexibility index (Phi) is 4.46. The smallest absolute Gasteiger partial charge is 0.169 e. The Bertz CT molecular complexity index is 591. The van der Waals surface area contributed by atoms with E-state index in [9.17, 15) is 4.79 Å². The van der Waals surface area contributed by atoms with E-state index in [-0.39, 0.29) is 12.2 Å². The van der Waals surface area contributed by atoms with Crippen molar-refractivity contribution in [3.8, 4) is 0 Å². The van der Waals surface area contributed by atoms with Crippen LogP contribution in [0.4, 0.5) is 5.69 Å². The lowest BCUT2D eigenvalue weighted by atomic mass is 10.0. The Morgan fingerprint density at radius 2 is 1.74 bits per heavy atom. The number of nitrogens with one attached hydrogen (secondary N) is 1. The van der Waals surface area contributed by atoms with Crippen LogP contribution in [-0.2, 0) is 6.42 Å². The molecule has 0 bridgehead atoms. The SMILES string of the molecule is CNc1ccccc1C(=O)Cc1cc(Cl)cc(Cl)c1. The number of benzene rings is 2. The molecule has 0 amide bonds. The zero-order chi connectivity index (χ0) is 13.8. The summed E-state index contributed by atoms with van der Waals surface area (Å²) in [4.78, 5) is 12.3. The molecular weight excluding hydrogens is 281 g/mol. The van der Waals surface area contributed by atoms with E-state index in [0.717, 1.165) is 11.3 Å². The molecule has 1 N–H and O–H groups in total. The van der Waals surface area contributed by atoms with Gasteiger partial charge in [-0.25, -0.2) is 0 Å². The second-order valence-corrected chi connectivity index (χ2v) is 5.05. The van der Waals surface area contributed by atoms with Crippen molar-refractivity contribution < 1.29 is 4.79 Å². The van der Waals surface area contributed by atoms with Gasteiger partial charge in [-0.3, -0.25) is 4.79 Å². The quantitative estimate of drug-likeness (QED) is 0.843. The molecule has 19 heavy (non-hydrogen) atoms. The third-order valence-corrected chi connectivity index (χ3v) is 3.22. The summed E-state index contributed by atoms with van der Waals surface area (Å²) >= 11 is 11.9. The lowest BCUT2D eigenvalue weighted by molar-refractivity contribution is 0.0994. The van der Waals surface area contributed by atoms with Gasteiger partial charge in [-0.1, -0.05) is 35.3 Å². The average molecular weight is 294 g/mol. The van der Waals surface area contributed by atoms with Crippen molar-refractivity contribution in [1.82, 2.24) is 0 Å². The van der Waals surface area contributed by atoms with Crippen LogP contribution in [-0.4, -0.2) is 12.8 Å². The Morgan fingerprint density at radius 3 is 2.37 bits per heavy atom. The highest BCUT2D eigenvalue weighted by Gasteiger charge is 2.11. The molecule has 2 aromatic carbocycles. The summed E-state index contributed by atoms with van der Waals surface area (Å²) in [5, 5.41) is 4.09. The number of rotatable bonds is 4. The minimum atomic E-state index is 0.0308. The fraction of sp³-hybridized carbons (Fsp3) is 0.133. The zero-order valence-electron chi connectivity index (χ0n) is 10.4. The normalized spacial score (nSPS) is 10.3. The van der Waals surface area contributed by atoms with Crippen molar-refractivity contribution in [1.29, 1.82) is 0 Å². The molecule has 4 heteroatoms. The first-order valence-electron chi connectivity index (χ1n) is 5.85. The summed E-state index contributed by atoms with van der Waals surface area (Å²) < 4.78 is 0. The number of hydrogen-bond acceptors (Lipinski definition) is 2. The van der Waals surface area contributed by atoms with E-state index in [4.69, 9.17) is 23.2 Å². The van der Waals surface area contributed by atoms with Crippen LogP contribution in [0, 0.1) is 0 Å². The number of carbonyl (C=O) groups excluding carboxylic acids is 1. The lowest BCUT2D eigenvalue weighted by Gasteiger charge is -2.08. The fourth-order valence-corrected chi connectivity index (χ4v) is 2.51. The van der Waals surface area contributed by atoms with E-state index in [1.54, 1.807) is 31.3 Å². The van der Waals surface area contributed by atoms with Crippen LogP contribution in [0.1, 0.15) is 15.9 Å². The maximum atomic E-state index is 12.3. The Morgan fingerprint density at radius 1 is 1.11 bits per heavy atom. The molecule has 0 fully saturated rings. The van der Waals surface area contributed by atoms with Crippen molar-refractivity contribution in [2.24, 2.45) is 0 Å². The van der Waals surface area contributed by atoms with Crippen LogP contribution >= 0.6 is 23.2 Å². The lowest BCUT2D eigenvalue weighted by Crippen LogP contribution is -2.07. The van der Waals surface area contributed by atoms with E-state index in [1.807, 2.05) is 18.2 Å². The molecule has 0 saturated heterocycles. The Hall–Kier alpha value is -1.51. The second-order valence-electron chi connectivity index (χ2n) is 4.17. The number of Topliss-reactive ketones (excluding diaryl/α,β-unsaturated/α-hetero) is 1. The molecule has 0 radical (unpaired) electrons. The van der Waals surface area contributed by atoms with E-state index in [2.05, 4.69) is 5.32 Å². The van der Waals surface area contributed by atoms with E-state index < -0.39 is 0 Å². The van der Waals surface area contributed by atoms with Crippen molar-refractivity contribution >= 4 is 34.7 Å². The molecule has 98 valence electrons. The number of para-hydroxylation sites is 1. The molecule has 0 spiro atoms. The van der Waals surface area contributed by atoms with Crippen molar-refractivity contribution in [2.45, 2.75) is 6.42 Å². The van der Waals surface area contributed by atoms with Crippen LogP contribution in [0.5, 0.6) is 0 Å². The van der Waals surface area contributed by atoms with Crippen molar-refractivity contribution in [2.75, 3.05) is 12.4 Å². The molecule has 2 rings (SSSR count).